The summed E-state index contributed by atoms with van der Waals surface area (Å²) in [5.74, 6) is 0.695. The minimum atomic E-state index is -0.534. The van der Waals surface area contributed by atoms with Crippen molar-refractivity contribution < 1.29 is 23.4 Å². The van der Waals surface area contributed by atoms with Gasteiger partial charge in [0, 0.05) is 34.7 Å². The summed E-state index contributed by atoms with van der Waals surface area (Å²) in [6, 6.07) is 10.4. The molecule has 0 atom stereocenters. The molecule has 2 aromatic carbocycles. The topological polar surface area (TPSA) is 75.0 Å². The third-order valence-electron chi connectivity index (χ3n) is 4.73. The van der Waals surface area contributed by atoms with E-state index in [1.165, 1.54) is 12.1 Å². The van der Waals surface area contributed by atoms with Crippen LogP contribution in [-0.2, 0) is 16.1 Å². The van der Waals surface area contributed by atoms with Crippen LogP contribution in [0.3, 0.4) is 0 Å². The second-order valence-corrected chi connectivity index (χ2v) is 6.52. The zero-order valence-electron chi connectivity index (χ0n) is 16.8. The molecule has 0 fully saturated rings. The van der Waals surface area contributed by atoms with Crippen molar-refractivity contribution in [2.24, 2.45) is 0 Å². The van der Waals surface area contributed by atoms with Crippen molar-refractivity contribution in [3.63, 3.8) is 0 Å². The van der Waals surface area contributed by atoms with Gasteiger partial charge < -0.3 is 18.6 Å². The number of carbonyl (C=O) groups is 1. The van der Waals surface area contributed by atoms with Crippen LogP contribution in [0.25, 0.3) is 17.0 Å². The van der Waals surface area contributed by atoms with E-state index in [1.54, 1.807) is 38.5 Å². The van der Waals surface area contributed by atoms with Gasteiger partial charge in [-0.15, -0.1) is 0 Å². The van der Waals surface area contributed by atoms with Gasteiger partial charge in [0.15, 0.2) is 0 Å². The molecule has 0 aliphatic carbocycles. The molecule has 0 saturated carbocycles. The molecule has 150 valence electrons. The molecule has 0 spiro atoms. The fraction of sp³-hybridized carbons (Fsp3) is 0.217. The third kappa shape index (κ3) is 4.48. The molecular formula is C23H22O6. The van der Waals surface area contributed by atoms with Crippen LogP contribution in [0.1, 0.15) is 22.3 Å². The Kier molecular flexibility index (Phi) is 6.02. The predicted molar refractivity (Wildman–Crippen MR) is 110 cm³/mol. The van der Waals surface area contributed by atoms with E-state index in [2.05, 4.69) is 0 Å². The highest BCUT2D eigenvalue weighted by molar-refractivity contribution is 5.88. The van der Waals surface area contributed by atoms with Crippen LogP contribution in [0.5, 0.6) is 11.5 Å². The van der Waals surface area contributed by atoms with Crippen molar-refractivity contribution in [1.82, 2.24) is 0 Å². The molecule has 0 radical (unpaired) electrons. The smallest absolute Gasteiger partial charge is 0.336 e. The van der Waals surface area contributed by atoms with Gasteiger partial charge in [0.2, 0.25) is 0 Å². The minimum absolute atomic E-state index is 0.0342. The molecule has 1 heterocycles. The summed E-state index contributed by atoms with van der Waals surface area (Å²) in [6.45, 7) is 3.80. The monoisotopic (exact) mass is 394 g/mol. The molecule has 29 heavy (non-hydrogen) atoms. The van der Waals surface area contributed by atoms with E-state index in [0.717, 1.165) is 16.5 Å². The van der Waals surface area contributed by atoms with Gasteiger partial charge in [-0.25, -0.2) is 9.59 Å². The highest BCUT2D eigenvalue weighted by Gasteiger charge is 2.11. The third-order valence-corrected chi connectivity index (χ3v) is 4.73. The lowest BCUT2D eigenvalue weighted by atomic mass is 10.0. The van der Waals surface area contributed by atoms with Gasteiger partial charge in [-0.1, -0.05) is 12.1 Å². The first-order valence-electron chi connectivity index (χ1n) is 9.02. The predicted octanol–water partition coefficient (Wildman–Crippen LogP) is 4.18. The zero-order valence-corrected chi connectivity index (χ0v) is 16.8. The Bertz CT molecular complexity index is 1140. The molecular weight excluding hydrogens is 372 g/mol. The summed E-state index contributed by atoms with van der Waals surface area (Å²) >= 11 is 0. The lowest BCUT2D eigenvalue weighted by molar-refractivity contribution is -0.138. The number of methoxy groups -OCH3 is 2. The van der Waals surface area contributed by atoms with E-state index < -0.39 is 11.6 Å². The number of carbonyl (C=O) groups excluding carboxylic acids is 1. The Hall–Kier alpha value is -3.54. The Labute approximate surface area is 168 Å². The lowest BCUT2D eigenvalue weighted by Crippen LogP contribution is -2.06. The van der Waals surface area contributed by atoms with Crippen LogP contribution in [0.2, 0.25) is 0 Å². The summed E-state index contributed by atoms with van der Waals surface area (Å²) in [5.41, 5.74) is 3.26. The van der Waals surface area contributed by atoms with Gasteiger partial charge in [0.1, 0.15) is 23.7 Å². The first kappa shape index (κ1) is 20.2. The van der Waals surface area contributed by atoms with Gasteiger partial charge in [-0.05, 0) is 43.2 Å². The van der Waals surface area contributed by atoms with Crippen molar-refractivity contribution >= 4 is 23.0 Å². The molecule has 0 amide bonds. The average Bonchev–Trinajstić information content (AvgIpc) is 2.73. The summed E-state index contributed by atoms with van der Waals surface area (Å²) in [5, 5.41) is 0.751. The summed E-state index contributed by atoms with van der Waals surface area (Å²) < 4.78 is 21.1. The maximum atomic E-state index is 12.2. The zero-order chi connectivity index (χ0) is 21.0. The second-order valence-electron chi connectivity index (χ2n) is 6.52. The normalized spacial score (nSPS) is 11.0. The summed E-state index contributed by atoms with van der Waals surface area (Å²) in [4.78, 5) is 24.1. The van der Waals surface area contributed by atoms with E-state index >= 15 is 0 Å². The van der Waals surface area contributed by atoms with Crippen LogP contribution in [0.4, 0.5) is 0 Å². The molecule has 0 unspecified atom stereocenters. The van der Waals surface area contributed by atoms with E-state index in [9.17, 15) is 9.59 Å². The molecule has 0 aliphatic rings. The maximum absolute atomic E-state index is 12.2. The fourth-order valence-corrected chi connectivity index (χ4v) is 2.95. The van der Waals surface area contributed by atoms with Gasteiger partial charge in [-0.3, -0.25) is 0 Å². The molecule has 0 aliphatic heterocycles. The Morgan fingerprint density at radius 1 is 1.07 bits per heavy atom. The SMILES string of the molecule is COc1ccc(/C=C/C(=O)OCc2cc(=O)oc3c(C)c(C)ccc23)c(OC)c1. The fourth-order valence-electron chi connectivity index (χ4n) is 2.95. The van der Waals surface area contributed by atoms with Crippen molar-refractivity contribution in [2.45, 2.75) is 20.5 Å². The number of esters is 1. The van der Waals surface area contributed by atoms with Crippen molar-refractivity contribution in [3.8, 4) is 11.5 Å². The van der Waals surface area contributed by atoms with Crippen molar-refractivity contribution in [1.29, 1.82) is 0 Å². The van der Waals surface area contributed by atoms with E-state index in [4.69, 9.17) is 18.6 Å². The number of aryl methyl sites for hydroxylation is 2. The van der Waals surface area contributed by atoms with Crippen molar-refractivity contribution in [2.75, 3.05) is 14.2 Å². The quantitative estimate of drug-likeness (QED) is 0.355. The molecule has 3 rings (SSSR count). The maximum Gasteiger partial charge on any atom is 0.336 e. The van der Waals surface area contributed by atoms with Gasteiger partial charge in [0.25, 0.3) is 0 Å². The first-order valence-corrected chi connectivity index (χ1v) is 9.02. The van der Waals surface area contributed by atoms with Crippen LogP contribution in [-0.4, -0.2) is 20.2 Å². The molecule has 0 saturated heterocycles. The van der Waals surface area contributed by atoms with E-state index in [1.807, 2.05) is 26.0 Å². The van der Waals surface area contributed by atoms with Crippen LogP contribution in [0, 0.1) is 13.8 Å². The standard InChI is InChI=1S/C23H22O6/c1-14-5-9-19-17(11-22(25)29-23(19)15(14)2)13-28-21(24)10-7-16-6-8-18(26-3)12-20(16)27-4/h5-12H,13H2,1-4H3/b10-7+. The number of benzene rings is 2. The molecule has 6 nitrogen and oxygen atoms in total. The average molecular weight is 394 g/mol. The van der Waals surface area contributed by atoms with E-state index in [0.29, 0.717) is 28.2 Å². The van der Waals surface area contributed by atoms with Gasteiger partial charge in [0.05, 0.1) is 14.2 Å². The number of hydrogen-bond donors (Lipinski definition) is 0. The molecule has 6 heteroatoms. The largest absolute Gasteiger partial charge is 0.497 e. The van der Waals surface area contributed by atoms with E-state index in [-0.39, 0.29) is 6.61 Å². The van der Waals surface area contributed by atoms with Crippen molar-refractivity contribution in [3.05, 3.63) is 75.1 Å². The highest BCUT2D eigenvalue weighted by atomic mass is 16.5. The summed E-state index contributed by atoms with van der Waals surface area (Å²) in [6.07, 6.45) is 2.92. The minimum Gasteiger partial charge on any atom is -0.497 e. The second kappa shape index (κ2) is 8.65. The first-order chi connectivity index (χ1) is 13.9. The van der Waals surface area contributed by atoms with Crippen LogP contribution in [0.15, 0.2) is 51.7 Å². The van der Waals surface area contributed by atoms with Gasteiger partial charge in [-0.2, -0.15) is 0 Å². The van der Waals surface area contributed by atoms with Crippen LogP contribution >= 0.6 is 0 Å². The lowest BCUT2D eigenvalue weighted by Gasteiger charge is -2.09. The molecule has 3 aromatic rings. The summed E-state index contributed by atoms with van der Waals surface area (Å²) in [7, 11) is 3.11. The number of rotatable bonds is 6. The number of ether oxygens (including phenoxy) is 3. The van der Waals surface area contributed by atoms with Crippen LogP contribution < -0.4 is 15.1 Å². The Morgan fingerprint density at radius 2 is 1.86 bits per heavy atom. The number of fused-ring (bicyclic) bond motifs is 1. The molecule has 1 aromatic heterocycles. The van der Waals surface area contributed by atoms with Gasteiger partial charge >= 0.3 is 11.6 Å². The molecule has 0 bridgehead atoms. The highest BCUT2D eigenvalue weighted by Crippen LogP contribution is 2.26. The number of hydrogen-bond acceptors (Lipinski definition) is 6. The Balaban J connectivity index is 1.77. The molecule has 0 N–H and O–H groups in total. The Morgan fingerprint density at radius 3 is 2.59 bits per heavy atom.